The highest BCUT2D eigenvalue weighted by atomic mass is 16.8. The molecule has 0 aromatic rings. The lowest BCUT2D eigenvalue weighted by Gasteiger charge is -2.27. The summed E-state index contributed by atoms with van der Waals surface area (Å²) in [7, 11) is 0. The van der Waals surface area contributed by atoms with Crippen LogP contribution in [0.15, 0.2) is 12.2 Å². The van der Waals surface area contributed by atoms with Gasteiger partial charge < -0.3 is 14.2 Å². The van der Waals surface area contributed by atoms with E-state index in [2.05, 4.69) is 24.6 Å². The van der Waals surface area contributed by atoms with Crippen LogP contribution in [0.2, 0.25) is 0 Å². The fourth-order valence-corrected chi connectivity index (χ4v) is 4.83. The van der Waals surface area contributed by atoms with Crippen molar-refractivity contribution in [3.05, 3.63) is 12.2 Å². The number of unbranched alkanes of at least 4 members (excludes halogenated alkanes) is 3. The summed E-state index contributed by atoms with van der Waals surface area (Å²) in [5.41, 5.74) is 3.01. The number of rotatable bonds is 14. The molecule has 5 nitrogen and oxygen atoms in total. The number of nitrogens with one attached hydrogen (secondary N) is 1. The summed E-state index contributed by atoms with van der Waals surface area (Å²) >= 11 is 0. The summed E-state index contributed by atoms with van der Waals surface area (Å²) in [6.45, 7) is 5.60. The van der Waals surface area contributed by atoms with Gasteiger partial charge in [-0.25, -0.2) is 0 Å². The van der Waals surface area contributed by atoms with E-state index in [1.54, 1.807) is 0 Å². The first kappa shape index (κ1) is 22.2. The van der Waals surface area contributed by atoms with Crippen molar-refractivity contribution in [1.82, 2.24) is 5.48 Å². The summed E-state index contributed by atoms with van der Waals surface area (Å²) < 4.78 is 17.8. The first-order chi connectivity index (χ1) is 13.9. The zero-order valence-electron chi connectivity index (χ0n) is 17.8. The molecule has 2 bridgehead atoms. The van der Waals surface area contributed by atoms with Gasteiger partial charge >= 0.3 is 0 Å². The van der Waals surface area contributed by atoms with Crippen molar-refractivity contribution in [2.75, 3.05) is 26.4 Å². The van der Waals surface area contributed by atoms with Crippen molar-refractivity contribution in [3.8, 4) is 0 Å². The van der Waals surface area contributed by atoms with E-state index in [0.717, 1.165) is 45.6 Å². The average Bonchev–Trinajstić information content (AvgIpc) is 3.33. The molecule has 0 aromatic heterocycles. The molecular formula is C23H41NO4. The maximum Gasteiger partial charge on any atom is 0.177 e. The molecule has 0 radical (unpaired) electrons. The van der Waals surface area contributed by atoms with Gasteiger partial charge in [-0.3, -0.25) is 4.84 Å². The second kappa shape index (κ2) is 13.0. The van der Waals surface area contributed by atoms with E-state index in [1.165, 1.54) is 51.4 Å². The van der Waals surface area contributed by atoms with Crippen LogP contribution in [-0.2, 0) is 19.0 Å². The van der Waals surface area contributed by atoms with E-state index in [4.69, 9.17) is 19.0 Å². The van der Waals surface area contributed by atoms with Gasteiger partial charge in [-0.05, 0) is 50.9 Å². The lowest BCUT2D eigenvalue weighted by atomic mass is 9.77. The molecule has 3 heterocycles. The topological polar surface area (TPSA) is 49.0 Å². The van der Waals surface area contributed by atoms with Crippen molar-refractivity contribution in [2.24, 2.45) is 11.8 Å². The Bertz CT molecular complexity index is 438. The van der Waals surface area contributed by atoms with Gasteiger partial charge in [-0.2, -0.15) is 5.48 Å². The van der Waals surface area contributed by atoms with Gasteiger partial charge in [0.15, 0.2) is 6.29 Å². The Labute approximate surface area is 171 Å². The third kappa shape index (κ3) is 7.10. The van der Waals surface area contributed by atoms with Crippen LogP contribution >= 0.6 is 0 Å². The van der Waals surface area contributed by atoms with E-state index in [0.29, 0.717) is 24.0 Å². The molecule has 3 fully saturated rings. The zero-order valence-corrected chi connectivity index (χ0v) is 17.8. The van der Waals surface area contributed by atoms with Crippen molar-refractivity contribution >= 4 is 0 Å². The Kier molecular flexibility index (Phi) is 10.3. The number of ether oxygens (including phenoxy) is 3. The van der Waals surface area contributed by atoms with Gasteiger partial charge in [0, 0.05) is 32.1 Å². The fourth-order valence-electron chi connectivity index (χ4n) is 4.83. The predicted molar refractivity (Wildman–Crippen MR) is 111 cm³/mol. The van der Waals surface area contributed by atoms with E-state index in [1.807, 2.05) is 0 Å². The number of allylic oxidation sites excluding steroid dienone is 1. The van der Waals surface area contributed by atoms with Crippen LogP contribution in [0.4, 0.5) is 0 Å². The van der Waals surface area contributed by atoms with Crippen LogP contribution in [0.25, 0.3) is 0 Å². The highest BCUT2D eigenvalue weighted by molar-refractivity contribution is 4.97. The van der Waals surface area contributed by atoms with Gasteiger partial charge in [0.1, 0.15) is 0 Å². The largest absolute Gasteiger partial charge is 0.381 e. The second-order valence-corrected chi connectivity index (χ2v) is 8.56. The normalized spacial score (nSPS) is 32.5. The van der Waals surface area contributed by atoms with E-state index in [9.17, 15) is 0 Å². The van der Waals surface area contributed by atoms with Gasteiger partial charge in [0.2, 0.25) is 0 Å². The minimum atomic E-state index is -0.0731. The van der Waals surface area contributed by atoms with Crippen molar-refractivity contribution in [2.45, 2.75) is 96.1 Å². The molecule has 3 aliphatic heterocycles. The number of hydroxylamine groups is 1. The molecule has 5 heteroatoms. The molecule has 0 aliphatic carbocycles. The molecule has 0 aromatic carbocycles. The van der Waals surface area contributed by atoms with Gasteiger partial charge in [0.05, 0.1) is 18.8 Å². The Morgan fingerprint density at radius 3 is 2.71 bits per heavy atom. The Balaban J connectivity index is 1.26. The van der Waals surface area contributed by atoms with Crippen molar-refractivity contribution in [3.63, 3.8) is 0 Å². The molecule has 3 saturated heterocycles. The van der Waals surface area contributed by atoms with Gasteiger partial charge in [-0.15, -0.1) is 0 Å². The maximum atomic E-state index is 6.21. The highest BCUT2D eigenvalue weighted by Gasteiger charge is 2.48. The molecule has 1 unspecified atom stereocenters. The summed E-state index contributed by atoms with van der Waals surface area (Å²) in [6.07, 6.45) is 18.5. The standard InChI is InChI=1S/C23H41NO4/c1-2-3-4-9-16-25-18-20-19(21-13-14-22(20)27-21)11-6-5-8-15-24-28-23-12-7-10-17-26-23/h5,8,19-24H,2-4,6-7,9-18H2,1H3/t19-,20+,21-,22+,23?/m0/s1. The van der Waals surface area contributed by atoms with Crippen molar-refractivity contribution < 1.29 is 19.0 Å². The third-order valence-electron chi connectivity index (χ3n) is 6.43. The molecule has 3 rings (SSSR count). The van der Waals surface area contributed by atoms with Gasteiger partial charge in [0.25, 0.3) is 0 Å². The average molecular weight is 396 g/mol. The van der Waals surface area contributed by atoms with Crippen LogP contribution in [0.5, 0.6) is 0 Å². The molecule has 0 spiro atoms. The Hall–Kier alpha value is -0.460. The smallest absolute Gasteiger partial charge is 0.177 e. The van der Waals surface area contributed by atoms with Crippen LogP contribution in [0.3, 0.4) is 0 Å². The van der Waals surface area contributed by atoms with Crippen molar-refractivity contribution in [1.29, 1.82) is 0 Å². The Morgan fingerprint density at radius 2 is 1.89 bits per heavy atom. The van der Waals surface area contributed by atoms with Crippen LogP contribution in [0, 0.1) is 11.8 Å². The first-order valence-corrected chi connectivity index (χ1v) is 11.8. The molecule has 5 atom stereocenters. The number of hydrogen-bond donors (Lipinski definition) is 1. The Morgan fingerprint density at radius 1 is 1.00 bits per heavy atom. The summed E-state index contributed by atoms with van der Waals surface area (Å²) in [6, 6.07) is 0. The SMILES string of the molecule is CCCCCCOC[C@@H]1[C@H](CCC=CCNOC2CCCCO2)[C@@H]2CC[C@H]1O2. The fraction of sp³-hybridized carbons (Fsp3) is 0.913. The lowest BCUT2D eigenvalue weighted by Crippen LogP contribution is -2.31. The van der Waals surface area contributed by atoms with E-state index >= 15 is 0 Å². The monoisotopic (exact) mass is 395 g/mol. The highest BCUT2D eigenvalue weighted by Crippen LogP contribution is 2.45. The molecule has 0 saturated carbocycles. The zero-order chi connectivity index (χ0) is 19.4. The predicted octanol–water partition coefficient (Wildman–Crippen LogP) is 4.76. The molecular weight excluding hydrogens is 354 g/mol. The number of fused-ring (bicyclic) bond motifs is 2. The minimum absolute atomic E-state index is 0.0731. The van der Waals surface area contributed by atoms with E-state index < -0.39 is 0 Å². The molecule has 1 N–H and O–H groups in total. The summed E-state index contributed by atoms with van der Waals surface area (Å²) in [5.74, 6) is 1.27. The summed E-state index contributed by atoms with van der Waals surface area (Å²) in [5, 5.41) is 0. The quantitative estimate of drug-likeness (QED) is 0.261. The molecule has 162 valence electrons. The molecule has 28 heavy (non-hydrogen) atoms. The maximum absolute atomic E-state index is 6.21. The van der Waals surface area contributed by atoms with Gasteiger partial charge in [-0.1, -0.05) is 38.3 Å². The minimum Gasteiger partial charge on any atom is -0.381 e. The van der Waals surface area contributed by atoms with Crippen LogP contribution in [-0.4, -0.2) is 44.9 Å². The molecule has 3 aliphatic rings. The summed E-state index contributed by atoms with van der Waals surface area (Å²) in [4.78, 5) is 5.54. The lowest BCUT2D eigenvalue weighted by molar-refractivity contribution is -0.194. The number of hydrogen-bond acceptors (Lipinski definition) is 5. The van der Waals surface area contributed by atoms with Crippen LogP contribution < -0.4 is 5.48 Å². The van der Waals surface area contributed by atoms with E-state index in [-0.39, 0.29) is 6.29 Å². The first-order valence-electron chi connectivity index (χ1n) is 11.8. The van der Waals surface area contributed by atoms with Crippen LogP contribution in [0.1, 0.15) is 77.6 Å². The molecule has 0 amide bonds. The third-order valence-corrected chi connectivity index (χ3v) is 6.43. The second-order valence-electron chi connectivity index (χ2n) is 8.56.